The van der Waals surface area contributed by atoms with E-state index in [4.69, 9.17) is 5.73 Å². The van der Waals surface area contributed by atoms with E-state index < -0.39 is 0 Å². The summed E-state index contributed by atoms with van der Waals surface area (Å²) in [5, 5.41) is 0. The molecule has 1 aliphatic carbocycles. The molecule has 2 N–H and O–H groups in total. The van der Waals surface area contributed by atoms with Crippen LogP contribution in [0.3, 0.4) is 0 Å². The third-order valence-electron chi connectivity index (χ3n) is 3.29. The van der Waals surface area contributed by atoms with Gasteiger partial charge in [-0.15, -0.1) is 0 Å². The zero-order chi connectivity index (χ0) is 9.52. The van der Waals surface area contributed by atoms with E-state index in [1.807, 2.05) is 0 Å². The molecule has 0 heterocycles. The third-order valence-corrected chi connectivity index (χ3v) is 3.29. The number of unbranched alkanes of at least 4 members (excludes halogenated alkanes) is 3. The summed E-state index contributed by atoms with van der Waals surface area (Å²) in [6.45, 7) is 2.26. The average Bonchev–Trinajstić information content (AvgIpc) is 2.06. The molecule has 0 aromatic carbocycles. The Hall–Kier alpha value is -0.0400. The predicted octanol–water partition coefficient (Wildman–Crippen LogP) is 3.47. The summed E-state index contributed by atoms with van der Waals surface area (Å²) in [4.78, 5) is 0. The Bertz CT molecular complexity index is 118. The molecule has 1 fully saturated rings. The summed E-state index contributed by atoms with van der Waals surface area (Å²) in [5.74, 6) is 0.987. The van der Waals surface area contributed by atoms with Gasteiger partial charge in [0.25, 0.3) is 0 Å². The number of rotatable bonds is 7. The van der Waals surface area contributed by atoms with Gasteiger partial charge in [-0.1, -0.05) is 51.9 Å². The highest BCUT2D eigenvalue weighted by molar-refractivity contribution is 4.75. The van der Waals surface area contributed by atoms with Crippen LogP contribution in [-0.4, -0.2) is 6.04 Å². The smallest absolute Gasteiger partial charge is 0.00414 e. The normalized spacial score (nSPS) is 19.8. The lowest BCUT2D eigenvalue weighted by atomic mass is 9.80. The fraction of sp³-hybridized carbons (Fsp3) is 1.00. The van der Waals surface area contributed by atoms with Gasteiger partial charge in [0.2, 0.25) is 0 Å². The van der Waals surface area contributed by atoms with Gasteiger partial charge in [0.05, 0.1) is 0 Å². The quantitative estimate of drug-likeness (QED) is 0.601. The summed E-state index contributed by atoms with van der Waals surface area (Å²) in [6.07, 6.45) is 12.4. The molecule has 1 nitrogen and oxygen atoms in total. The Morgan fingerprint density at radius 1 is 1.23 bits per heavy atom. The van der Waals surface area contributed by atoms with Crippen molar-refractivity contribution in [1.82, 2.24) is 0 Å². The summed E-state index contributed by atoms with van der Waals surface area (Å²) < 4.78 is 0. The van der Waals surface area contributed by atoms with E-state index in [9.17, 15) is 0 Å². The van der Waals surface area contributed by atoms with Gasteiger partial charge in [-0.3, -0.25) is 0 Å². The van der Waals surface area contributed by atoms with E-state index in [1.54, 1.807) is 0 Å². The number of hydrogen-bond acceptors (Lipinski definition) is 1. The van der Waals surface area contributed by atoms with Gasteiger partial charge >= 0.3 is 0 Å². The molecule has 1 atom stereocenters. The Morgan fingerprint density at radius 3 is 2.54 bits per heavy atom. The minimum Gasteiger partial charge on any atom is -0.328 e. The van der Waals surface area contributed by atoms with Gasteiger partial charge in [0.1, 0.15) is 0 Å². The van der Waals surface area contributed by atoms with Gasteiger partial charge < -0.3 is 5.73 Å². The molecule has 0 radical (unpaired) electrons. The second-order valence-corrected chi connectivity index (χ2v) is 4.64. The first-order valence-corrected chi connectivity index (χ1v) is 6.08. The summed E-state index contributed by atoms with van der Waals surface area (Å²) in [6, 6.07) is 0.502. The van der Waals surface area contributed by atoms with E-state index in [1.165, 1.54) is 57.8 Å². The van der Waals surface area contributed by atoms with Crippen LogP contribution < -0.4 is 5.73 Å². The van der Waals surface area contributed by atoms with Crippen LogP contribution in [0.15, 0.2) is 0 Å². The summed E-state index contributed by atoms with van der Waals surface area (Å²) >= 11 is 0. The molecular formula is C12H25N. The Kier molecular flexibility index (Phi) is 5.45. The van der Waals surface area contributed by atoms with Crippen molar-refractivity contribution in [3.05, 3.63) is 0 Å². The van der Waals surface area contributed by atoms with Crippen LogP contribution in [0.5, 0.6) is 0 Å². The highest BCUT2D eigenvalue weighted by Gasteiger charge is 2.19. The second kappa shape index (κ2) is 6.42. The molecule has 1 unspecified atom stereocenters. The molecule has 0 spiro atoms. The molecular weight excluding hydrogens is 158 g/mol. The zero-order valence-corrected chi connectivity index (χ0v) is 9.10. The molecule has 13 heavy (non-hydrogen) atoms. The van der Waals surface area contributed by atoms with Crippen molar-refractivity contribution in [1.29, 1.82) is 0 Å². The van der Waals surface area contributed by atoms with Crippen molar-refractivity contribution in [2.75, 3.05) is 0 Å². The van der Waals surface area contributed by atoms with Crippen molar-refractivity contribution < 1.29 is 0 Å². The fourth-order valence-corrected chi connectivity index (χ4v) is 2.11. The molecule has 0 aromatic rings. The molecule has 1 rings (SSSR count). The Labute approximate surface area is 83.1 Å². The molecule has 78 valence electrons. The van der Waals surface area contributed by atoms with E-state index in [2.05, 4.69) is 6.92 Å². The first-order chi connectivity index (χ1) is 6.33. The molecule has 0 saturated heterocycles. The van der Waals surface area contributed by atoms with E-state index in [-0.39, 0.29) is 0 Å². The fourth-order valence-electron chi connectivity index (χ4n) is 2.11. The van der Waals surface area contributed by atoms with Gasteiger partial charge in [-0.25, -0.2) is 0 Å². The lowest BCUT2D eigenvalue weighted by Gasteiger charge is -2.28. The van der Waals surface area contributed by atoms with Crippen LogP contribution in [-0.2, 0) is 0 Å². The number of hydrogen-bond donors (Lipinski definition) is 1. The Morgan fingerprint density at radius 2 is 2.00 bits per heavy atom. The zero-order valence-electron chi connectivity index (χ0n) is 9.10. The van der Waals surface area contributed by atoms with Crippen molar-refractivity contribution in [2.45, 2.75) is 70.8 Å². The first kappa shape index (κ1) is 11.0. The topological polar surface area (TPSA) is 26.0 Å². The highest BCUT2D eigenvalue weighted by Crippen LogP contribution is 2.30. The molecule has 0 bridgehead atoms. The van der Waals surface area contributed by atoms with Gasteiger partial charge in [-0.2, -0.15) is 0 Å². The lowest BCUT2D eigenvalue weighted by molar-refractivity contribution is 0.270. The van der Waals surface area contributed by atoms with E-state index in [0.29, 0.717) is 6.04 Å². The van der Waals surface area contributed by atoms with Crippen LogP contribution >= 0.6 is 0 Å². The third kappa shape index (κ3) is 4.66. The van der Waals surface area contributed by atoms with Crippen molar-refractivity contribution in [3.63, 3.8) is 0 Å². The Balaban J connectivity index is 1.87. The van der Waals surface area contributed by atoms with E-state index in [0.717, 1.165) is 5.92 Å². The maximum Gasteiger partial charge on any atom is 0.00414 e. The SMILES string of the molecule is CCCCCCC(N)CC1CCC1. The maximum absolute atomic E-state index is 6.07. The summed E-state index contributed by atoms with van der Waals surface area (Å²) in [7, 11) is 0. The first-order valence-electron chi connectivity index (χ1n) is 6.08. The average molecular weight is 183 g/mol. The molecule has 1 aliphatic rings. The largest absolute Gasteiger partial charge is 0.328 e. The van der Waals surface area contributed by atoms with Gasteiger partial charge in [-0.05, 0) is 18.8 Å². The van der Waals surface area contributed by atoms with Crippen LogP contribution in [0.1, 0.15) is 64.7 Å². The van der Waals surface area contributed by atoms with Crippen LogP contribution in [0, 0.1) is 5.92 Å². The minimum atomic E-state index is 0.502. The number of nitrogens with two attached hydrogens (primary N) is 1. The molecule has 0 aliphatic heterocycles. The standard InChI is InChI=1S/C12H25N/c1-2-3-4-5-9-12(13)10-11-7-6-8-11/h11-12H,2-10,13H2,1H3. The van der Waals surface area contributed by atoms with Crippen LogP contribution in [0.25, 0.3) is 0 Å². The highest BCUT2D eigenvalue weighted by atomic mass is 14.6. The summed E-state index contributed by atoms with van der Waals surface area (Å²) in [5.41, 5.74) is 6.07. The van der Waals surface area contributed by atoms with Gasteiger partial charge in [0, 0.05) is 6.04 Å². The van der Waals surface area contributed by atoms with Crippen molar-refractivity contribution >= 4 is 0 Å². The van der Waals surface area contributed by atoms with Crippen molar-refractivity contribution in [2.24, 2.45) is 11.7 Å². The van der Waals surface area contributed by atoms with E-state index >= 15 is 0 Å². The predicted molar refractivity (Wildman–Crippen MR) is 58.7 cm³/mol. The molecule has 1 saturated carbocycles. The van der Waals surface area contributed by atoms with Crippen LogP contribution in [0.2, 0.25) is 0 Å². The molecule has 0 aromatic heterocycles. The molecule has 0 amide bonds. The lowest BCUT2D eigenvalue weighted by Crippen LogP contribution is -2.26. The molecule has 1 heteroatoms. The van der Waals surface area contributed by atoms with Crippen LogP contribution in [0.4, 0.5) is 0 Å². The maximum atomic E-state index is 6.07. The monoisotopic (exact) mass is 183 g/mol. The second-order valence-electron chi connectivity index (χ2n) is 4.64. The van der Waals surface area contributed by atoms with Gasteiger partial charge in [0.15, 0.2) is 0 Å². The van der Waals surface area contributed by atoms with Crippen molar-refractivity contribution in [3.8, 4) is 0 Å². The minimum absolute atomic E-state index is 0.502.